The van der Waals surface area contributed by atoms with Crippen molar-refractivity contribution < 1.29 is 0 Å². The van der Waals surface area contributed by atoms with Crippen LogP contribution in [0.4, 0.5) is 0 Å². The van der Waals surface area contributed by atoms with Crippen LogP contribution in [0.3, 0.4) is 0 Å². The van der Waals surface area contributed by atoms with E-state index < -0.39 is 0 Å². The molecule has 8 heavy (non-hydrogen) atoms. The molecule has 0 unspecified atom stereocenters. The molecule has 0 amide bonds. The third kappa shape index (κ3) is 2.15. The molecule has 0 heterocycles. The highest BCUT2D eigenvalue weighted by Gasteiger charge is 1.95. The van der Waals surface area contributed by atoms with Crippen molar-refractivity contribution in [1.82, 2.24) is 0 Å². The van der Waals surface area contributed by atoms with Crippen LogP contribution in [-0.4, -0.2) is 0 Å². The lowest BCUT2D eigenvalue weighted by molar-refractivity contribution is 0.730. The fourth-order valence-corrected chi connectivity index (χ4v) is 0.946. The third-order valence-corrected chi connectivity index (χ3v) is 1.52. The first-order valence-electron chi connectivity index (χ1n) is 3.37. The van der Waals surface area contributed by atoms with Gasteiger partial charge in [-0.15, -0.1) is 0 Å². The van der Waals surface area contributed by atoms with Gasteiger partial charge in [-0.05, 0) is 19.3 Å². The van der Waals surface area contributed by atoms with E-state index in [2.05, 4.69) is 33.8 Å². The van der Waals surface area contributed by atoms with Crippen LogP contribution in [0, 0.1) is 5.92 Å². The second kappa shape index (κ2) is 3.71. The fraction of sp³-hybridized carbons (Fsp3) is 0.750. The standard InChI is InChI=1S/C8H16/c1-5-8(6-2)7(3)4/h5,7H,6H2,1-4H3. The van der Waals surface area contributed by atoms with Gasteiger partial charge < -0.3 is 0 Å². The molecule has 0 aliphatic rings. The first-order chi connectivity index (χ1) is 3.72. The third-order valence-electron chi connectivity index (χ3n) is 1.52. The van der Waals surface area contributed by atoms with Crippen LogP contribution < -0.4 is 0 Å². The summed E-state index contributed by atoms with van der Waals surface area (Å²) in [6, 6.07) is 0. The number of allylic oxidation sites excluding steroid dienone is 2. The largest absolute Gasteiger partial charge is 0.0882 e. The van der Waals surface area contributed by atoms with Gasteiger partial charge in [-0.25, -0.2) is 0 Å². The monoisotopic (exact) mass is 112 g/mol. The van der Waals surface area contributed by atoms with E-state index >= 15 is 0 Å². The smallest absolute Gasteiger partial charge is 0.0260 e. The van der Waals surface area contributed by atoms with Crippen molar-refractivity contribution in [3.8, 4) is 0 Å². The molecule has 0 spiro atoms. The van der Waals surface area contributed by atoms with E-state index in [-0.39, 0.29) is 0 Å². The summed E-state index contributed by atoms with van der Waals surface area (Å²) in [7, 11) is 0. The van der Waals surface area contributed by atoms with Gasteiger partial charge in [-0.3, -0.25) is 0 Å². The number of rotatable bonds is 2. The van der Waals surface area contributed by atoms with Crippen LogP contribution in [-0.2, 0) is 0 Å². The molecule has 0 saturated carbocycles. The van der Waals surface area contributed by atoms with Crippen LogP contribution in [0.25, 0.3) is 0 Å². The fourth-order valence-electron chi connectivity index (χ4n) is 0.946. The van der Waals surface area contributed by atoms with Crippen LogP contribution in [0.2, 0.25) is 0 Å². The molecule has 0 fully saturated rings. The van der Waals surface area contributed by atoms with Crippen molar-refractivity contribution in [2.75, 3.05) is 0 Å². The van der Waals surface area contributed by atoms with Gasteiger partial charge in [-0.1, -0.05) is 32.4 Å². The summed E-state index contributed by atoms with van der Waals surface area (Å²) in [6.45, 7) is 8.78. The number of hydrogen-bond acceptors (Lipinski definition) is 0. The molecule has 0 rings (SSSR count). The highest BCUT2D eigenvalue weighted by molar-refractivity contribution is 5.01. The van der Waals surface area contributed by atoms with E-state index in [9.17, 15) is 0 Å². The Labute approximate surface area is 52.6 Å². The molecule has 0 aliphatic carbocycles. The molecule has 0 N–H and O–H groups in total. The highest BCUT2D eigenvalue weighted by Crippen LogP contribution is 2.11. The van der Waals surface area contributed by atoms with Crippen molar-refractivity contribution in [2.45, 2.75) is 34.1 Å². The van der Waals surface area contributed by atoms with Gasteiger partial charge in [0.1, 0.15) is 0 Å². The Bertz CT molecular complexity index is 78.0. The summed E-state index contributed by atoms with van der Waals surface area (Å²) in [4.78, 5) is 0. The molecule has 0 aromatic rings. The molecule has 0 saturated heterocycles. The Morgan fingerprint density at radius 1 is 1.50 bits per heavy atom. The van der Waals surface area contributed by atoms with E-state index in [1.54, 1.807) is 5.57 Å². The minimum Gasteiger partial charge on any atom is -0.0882 e. The van der Waals surface area contributed by atoms with Gasteiger partial charge in [0.2, 0.25) is 0 Å². The van der Waals surface area contributed by atoms with E-state index in [4.69, 9.17) is 0 Å². The van der Waals surface area contributed by atoms with Gasteiger partial charge >= 0.3 is 0 Å². The van der Waals surface area contributed by atoms with Gasteiger partial charge in [0.05, 0.1) is 0 Å². The lowest BCUT2D eigenvalue weighted by atomic mass is 10.0. The number of hydrogen-bond donors (Lipinski definition) is 0. The molecule has 0 radical (unpaired) electrons. The molecular weight excluding hydrogens is 96.1 g/mol. The molecule has 0 atom stereocenters. The SMILES string of the molecule is CC=C(CC)C(C)C. The maximum atomic E-state index is 2.23. The van der Waals surface area contributed by atoms with Crippen molar-refractivity contribution in [2.24, 2.45) is 5.92 Å². The Balaban J connectivity index is 3.72. The van der Waals surface area contributed by atoms with Gasteiger partial charge in [0.25, 0.3) is 0 Å². The lowest BCUT2D eigenvalue weighted by Gasteiger charge is -2.05. The van der Waals surface area contributed by atoms with Gasteiger partial charge in [0, 0.05) is 0 Å². The van der Waals surface area contributed by atoms with E-state index in [0.717, 1.165) is 5.92 Å². The van der Waals surface area contributed by atoms with Crippen molar-refractivity contribution in [3.63, 3.8) is 0 Å². The average molecular weight is 112 g/mol. The second-order valence-electron chi connectivity index (χ2n) is 2.37. The van der Waals surface area contributed by atoms with Gasteiger partial charge in [-0.2, -0.15) is 0 Å². The maximum absolute atomic E-state index is 2.23. The lowest BCUT2D eigenvalue weighted by Crippen LogP contribution is -1.90. The predicted octanol–water partition coefficient (Wildman–Crippen LogP) is 3.00. The van der Waals surface area contributed by atoms with Gasteiger partial charge in [0.15, 0.2) is 0 Å². The molecule has 0 aliphatic heterocycles. The summed E-state index contributed by atoms with van der Waals surface area (Å²) >= 11 is 0. The quantitative estimate of drug-likeness (QED) is 0.482. The van der Waals surface area contributed by atoms with Crippen molar-refractivity contribution >= 4 is 0 Å². The Morgan fingerprint density at radius 2 is 2.00 bits per heavy atom. The summed E-state index contributed by atoms with van der Waals surface area (Å²) < 4.78 is 0. The van der Waals surface area contributed by atoms with Crippen molar-refractivity contribution in [3.05, 3.63) is 11.6 Å². The minimum absolute atomic E-state index is 0.741. The zero-order chi connectivity index (χ0) is 6.57. The summed E-state index contributed by atoms with van der Waals surface area (Å²) in [5.74, 6) is 0.741. The first-order valence-corrected chi connectivity index (χ1v) is 3.37. The molecule has 0 heteroatoms. The molecule has 0 aromatic carbocycles. The molecular formula is C8H16. The summed E-state index contributed by atoms with van der Waals surface area (Å²) in [5.41, 5.74) is 1.56. The maximum Gasteiger partial charge on any atom is -0.0260 e. The zero-order valence-corrected chi connectivity index (χ0v) is 6.36. The molecule has 0 nitrogen and oxygen atoms in total. The van der Waals surface area contributed by atoms with Crippen LogP contribution in [0.15, 0.2) is 11.6 Å². The average Bonchev–Trinajstić information content (AvgIpc) is 1.69. The second-order valence-corrected chi connectivity index (χ2v) is 2.37. The van der Waals surface area contributed by atoms with Crippen LogP contribution in [0.5, 0.6) is 0 Å². The zero-order valence-electron chi connectivity index (χ0n) is 6.36. The normalized spacial score (nSPS) is 12.9. The van der Waals surface area contributed by atoms with Crippen LogP contribution in [0.1, 0.15) is 34.1 Å². The Morgan fingerprint density at radius 3 is 2.00 bits per heavy atom. The molecule has 48 valence electrons. The molecule has 0 bridgehead atoms. The Kier molecular flexibility index (Phi) is 3.59. The van der Waals surface area contributed by atoms with Crippen LogP contribution >= 0.6 is 0 Å². The predicted molar refractivity (Wildman–Crippen MR) is 38.9 cm³/mol. The first kappa shape index (κ1) is 7.74. The van der Waals surface area contributed by atoms with Crippen molar-refractivity contribution in [1.29, 1.82) is 0 Å². The topological polar surface area (TPSA) is 0 Å². The Hall–Kier alpha value is -0.260. The van der Waals surface area contributed by atoms with E-state index in [1.165, 1.54) is 6.42 Å². The minimum atomic E-state index is 0.741. The van der Waals surface area contributed by atoms with E-state index in [1.807, 2.05) is 0 Å². The summed E-state index contributed by atoms with van der Waals surface area (Å²) in [6.07, 6.45) is 3.42. The summed E-state index contributed by atoms with van der Waals surface area (Å²) in [5, 5.41) is 0. The van der Waals surface area contributed by atoms with E-state index in [0.29, 0.717) is 0 Å². The molecule has 0 aromatic heterocycles. The highest BCUT2D eigenvalue weighted by atomic mass is 14.0.